The van der Waals surface area contributed by atoms with Crippen molar-refractivity contribution < 1.29 is 24.2 Å². The van der Waals surface area contributed by atoms with Crippen molar-refractivity contribution in [2.24, 2.45) is 5.92 Å². The van der Waals surface area contributed by atoms with Gasteiger partial charge in [-0.15, -0.1) is 0 Å². The summed E-state index contributed by atoms with van der Waals surface area (Å²) in [6.45, 7) is 2.45. The average Bonchev–Trinajstić information content (AvgIpc) is 2.71. The third kappa shape index (κ3) is 4.96. The summed E-state index contributed by atoms with van der Waals surface area (Å²) >= 11 is 0. The molecule has 8 heteroatoms. The highest BCUT2D eigenvalue weighted by Gasteiger charge is 2.26. The van der Waals surface area contributed by atoms with E-state index in [0.29, 0.717) is 34.9 Å². The summed E-state index contributed by atoms with van der Waals surface area (Å²) in [6.07, 6.45) is 6.87. The number of aromatic carboxylic acids is 1. The molecule has 2 saturated carbocycles. The number of amides is 1. The summed E-state index contributed by atoms with van der Waals surface area (Å²) < 4.78 is 11.8. The Kier molecular flexibility index (Phi) is 6.79. The normalized spacial score (nSPS) is 21.2. The molecule has 1 heterocycles. The number of nitrogen functional groups attached to an aromatic ring is 1. The van der Waals surface area contributed by atoms with Crippen LogP contribution in [0.15, 0.2) is 18.2 Å². The number of nitrogens with two attached hydrogens (primary N) is 1. The molecule has 2 fully saturated rings. The standard InChI is InChI=1S/C24H31N3O5/c1-14-21(24(29)30)23(25)22-18(26-14)6-3-7-19(22)32-17-10-8-16(9-11-17)27-20(28)13-31-12-15-4-2-5-15/h3,6-7,15-17H,2,4-5,8-13H2,1H3,(H2,25,26)(H,27,28)(H,29,30)/t16-,17-. The monoisotopic (exact) mass is 441 g/mol. The van der Waals surface area contributed by atoms with Crippen LogP contribution in [-0.2, 0) is 9.53 Å². The number of aryl methyl sites for hydroxylation is 1. The summed E-state index contributed by atoms with van der Waals surface area (Å²) in [5, 5.41) is 13.1. The molecule has 0 bridgehead atoms. The van der Waals surface area contributed by atoms with Gasteiger partial charge in [-0.3, -0.25) is 9.78 Å². The molecule has 2 aromatic rings. The highest BCUT2D eigenvalue weighted by molar-refractivity contribution is 6.06. The lowest BCUT2D eigenvalue weighted by atomic mass is 9.86. The molecule has 0 saturated heterocycles. The molecule has 1 aromatic carbocycles. The van der Waals surface area contributed by atoms with E-state index in [1.807, 2.05) is 6.07 Å². The number of fused-ring (bicyclic) bond motifs is 1. The molecule has 0 spiro atoms. The van der Waals surface area contributed by atoms with Crippen molar-refractivity contribution in [3.05, 3.63) is 29.5 Å². The molecular formula is C24H31N3O5. The predicted molar refractivity (Wildman–Crippen MR) is 121 cm³/mol. The maximum absolute atomic E-state index is 12.1. The lowest BCUT2D eigenvalue weighted by Crippen LogP contribution is -2.41. The first kappa shape index (κ1) is 22.3. The molecule has 0 radical (unpaired) electrons. The van der Waals surface area contributed by atoms with Crippen LogP contribution in [-0.4, -0.2) is 47.3 Å². The number of hydrogen-bond acceptors (Lipinski definition) is 6. The van der Waals surface area contributed by atoms with E-state index in [2.05, 4.69) is 10.3 Å². The molecule has 2 aliphatic carbocycles. The number of nitrogens with zero attached hydrogens (tertiary/aromatic N) is 1. The maximum atomic E-state index is 12.1. The van der Waals surface area contributed by atoms with E-state index in [-0.39, 0.29) is 35.9 Å². The first-order chi connectivity index (χ1) is 15.4. The summed E-state index contributed by atoms with van der Waals surface area (Å²) in [4.78, 5) is 28.2. The Balaban J connectivity index is 1.33. The zero-order valence-electron chi connectivity index (χ0n) is 18.4. The summed E-state index contributed by atoms with van der Waals surface area (Å²) in [5.74, 6) is 0.0198. The van der Waals surface area contributed by atoms with Crippen molar-refractivity contribution in [3.8, 4) is 5.75 Å². The number of carboxylic acids is 1. The van der Waals surface area contributed by atoms with E-state index < -0.39 is 5.97 Å². The van der Waals surface area contributed by atoms with E-state index >= 15 is 0 Å². The van der Waals surface area contributed by atoms with Crippen LogP contribution in [0.3, 0.4) is 0 Å². The van der Waals surface area contributed by atoms with Gasteiger partial charge in [0.2, 0.25) is 5.91 Å². The zero-order chi connectivity index (χ0) is 22.7. The first-order valence-electron chi connectivity index (χ1n) is 11.4. The van der Waals surface area contributed by atoms with Crippen molar-refractivity contribution in [1.29, 1.82) is 0 Å². The van der Waals surface area contributed by atoms with Gasteiger partial charge >= 0.3 is 5.97 Å². The number of anilines is 1. The Morgan fingerprint density at radius 1 is 1.19 bits per heavy atom. The second-order valence-electron chi connectivity index (χ2n) is 8.91. The summed E-state index contributed by atoms with van der Waals surface area (Å²) in [5.41, 5.74) is 7.41. The number of hydrogen-bond donors (Lipinski definition) is 3. The summed E-state index contributed by atoms with van der Waals surface area (Å²) in [7, 11) is 0. The number of carboxylic acid groups (broad SMARTS) is 1. The third-order valence-corrected chi connectivity index (χ3v) is 6.55. The second-order valence-corrected chi connectivity index (χ2v) is 8.91. The van der Waals surface area contributed by atoms with Gasteiger partial charge in [0.15, 0.2) is 0 Å². The highest BCUT2D eigenvalue weighted by Crippen LogP contribution is 2.35. The molecule has 32 heavy (non-hydrogen) atoms. The van der Waals surface area contributed by atoms with Crippen LogP contribution in [0.2, 0.25) is 0 Å². The van der Waals surface area contributed by atoms with E-state index in [9.17, 15) is 14.7 Å². The van der Waals surface area contributed by atoms with Gasteiger partial charge in [-0.2, -0.15) is 0 Å². The minimum Gasteiger partial charge on any atom is -0.490 e. The van der Waals surface area contributed by atoms with Crippen molar-refractivity contribution >= 4 is 28.5 Å². The van der Waals surface area contributed by atoms with E-state index in [0.717, 1.165) is 25.7 Å². The van der Waals surface area contributed by atoms with Crippen LogP contribution in [0, 0.1) is 12.8 Å². The number of benzene rings is 1. The van der Waals surface area contributed by atoms with Crippen molar-refractivity contribution in [3.63, 3.8) is 0 Å². The van der Waals surface area contributed by atoms with Crippen LogP contribution in [0.4, 0.5) is 5.69 Å². The fourth-order valence-electron chi connectivity index (χ4n) is 4.56. The topological polar surface area (TPSA) is 124 Å². The fraction of sp³-hybridized carbons (Fsp3) is 0.542. The zero-order valence-corrected chi connectivity index (χ0v) is 18.4. The van der Waals surface area contributed by atoms with Gasteiger partial charge in [-0.25, -0.2) is 4.79 Å². The van der Waals surface area contributed by atoms with Crippen LogP contribution < -0.4 is 15.8 Å². The first-order valence-corrected chi connectivity index (χ1v) is 11.4. The third-order valence-electron chi connectivity index (χ3n) is 6.55. The number of aromatic nitrogens is 1. The summed E-state index contributed by atoms with van der Waals surface area (Å²) in [6, 6.07) is 5.56. The average molecular weight is 442 g/mol. The largest absolute Gasteiger partial charge is 0.490 e. The van der Waals surface area contributed by atoms with E-state index in [1.165, 1.54) is 19.3 Å². The van der Waals surface area contributed by atoms with Crippen LogP contribution in [0.5, 0.6) is 5.75 Å². The maximum Gasteiger partial charge on any atom is 0.339 e. The Morgan fingerprint density at radius 2 is 1.94 bits per heavy atom. The molecule has 0 atom stereocenters. The van der Waals surface area contributed by atoms with Crippen LogP contribution in [0.1, 0.15) is 61.0 Å². The van der Waals surface area contributed by atoms with Crippen molar-refractivity contribution in [2.45, 2.75) is 64.0 Å². The quantitative estimate of drug-likeness (QED) is 0.573. The van der Waals surface area contributed by atoms with Crippen molar-refractivity contribution in [2.75, 3.05) is 18.9 Å². The Hall–Kier alpha value is -2.87. The lowest BCUT2D eigenvalue weighted by Gasteiger charge is -2.30. The van der Waals surface area contributed by atoms with E-state index in [4.69, 9.17) is 15.2 Å². The van der Waals surface area contributed by atoms with Gasteiger partial charge in [0.25, 0.3) is 0 Å². The Labute approximate surface area is 187 Å². The van der Waals surface area contributed by atoms with Gasteiger partial charge in [-0.1, -0.05) is 12.5 Å². The number of carbonyl (C=O) groups excluding carboxylic acids is 1. The number of rotatable bonds is 8. The van der Waals surface area contributed by atoms with E-state index in [1.54, 1.807) is 19.1 Å². The molecule has 4 rings (SSSR count). The predicted octanol–water partition coefficient (Wildman–Crippen LogP) is 3.45. The molecule has 0 unspecified atom stereocenters. The minimum absolute atomic E-state index is 0.0134. The van der Waals surface area contributed by atoms with Crippen molar-refractivity contribution in [1.82, 2.24) is 10.3 Å². The minimum atomic E-state index is -1.10. The van der Waals surface area contributed by atoms with Gasteiger partial charge in [-0.05, 0) is 63.5 Å². The number of nitrogens with one attached hydrogen (secondary N) is 1. The Bertz CT molecular complexity index is 997. The van der Waals surface area contributed by atoms with Gasteiger partial charge in [0, 0.05) is 6.04 Å². The molecule has 172 valence electrons. The molecule has 8 nitrogen and oxygen atoms in total. The number of carbonyl (C=O) groups is 2. The second kappa shape index (κ2) is 9.73. The van der Waals surface area contributed by atoms with Gasteiger partial charge in [0.1, 0.15) is 17.9 Å². The lowest BCUT2D eigenvalue weighted by molar-refractivity contribution is -0.127. The molecular weight excluding hydrogens is 410 g/mol. The van der Waals surface area contributed by atoms with Gasteiger partial charge < -0.3 is 25.6 Å². The molecule has 2 aliphatic rings. The van der Waals surface area contributed by atoms with Gasteiger partial charge in [0.05, 0.1) is 35.0 Å². The SMILES string of the molecule is Cc1nc2cccc(O[C@H]3CC[C@H](NC(=O)COCC4CCC4)CC3)c2c(N)c1C(=O)O. The molecule has 1 amide bonds. The smallest absolute Gasteiger partial charge is 0.339 e. The highest BCUT2D eigenvalue weighted by atomic mass is 16.5. The molecule has 4 N–H and O–H groups in total. The Morgan fingerprint density at radius 3 is 2.59 bits per heavy atom. The fourth-order valence-corrected chi connectivity index (χ4v) is 4.56. The molecule has 0 aliphatic heterocycles. The van der Waals surface area contributed by atoms with Crippen LogP contribution in [0.25, 0.3) is 10.9 Å². The number of ether oxygens (including phenoxy) is 2. The molecule has 1 aromatic heterocycles. The van der Waals surface area contributed by atoms with Crippen LogP contribution >= 0.6 is 0 Å². The number of pyridine rings is 1.